The second kappa shape index (κ2) is 6.53. The lowest BCUT2D eigenvalue weighted by Crippen LogP contribution is -2.06. The molecule has 0 bridgehead atoms. The van der Waals surface area contributed by atoms with E-state index in [2.05, 4.69) is 5.10 Å². The zero-order valence-electron chi connectivity index (χ0n) is 13.4. The summed E-state index contributed by atoms with van der Waals surface area (Å²) in [5.74, 6) is 0.843. The Morgan fingerprint density at radius 1 is 0.800 bits per heavy atom. The summed E-state index contributed by atoms with van der Waals surface area (Å²) >= 11 is 0. The van der Waals surface area contributed by atoms with E-state index in [1.54, 1.807) is 17.1 Å². The molecular formula is C21H16N2O2. The zero-order valence-corrected chi connectivity index (χ0v) is 13.4. The number of furan rings is 1. The maximum absolute atomic E-state index is 11.0. The number of aromatic nitrogens is 2. The third kappa shape index (κ3) is 2.85. The molecule has 2 heterocycles. The normalized spacial score (nSPS) is 12.0. The first-order valence-corrected chi connectivity index (χ1v) is 7.97. The van der Waals surface area contributed by atoms with Crippen molar-refractivity contribution in [3.63, 3.8) is 0 Å². The summed E-state index contributed by atoms with van der Waals surface area (Å²) in [4.78, 5) is 0. The third-order valence-corrected chi connectivity index (χ3v) is 3.95. The van der Waals surface area contributed by atoms with Gasteiger partial charge in [-0.2, -0.15) is 5.10 Å². The van der Waals surface area contributed by atoms with Crippen molar-refractivity contribution in [2.24, 2.45) is 0 Å². The van der Waals surface area contributed by atoms with Crippen molar-refractivity contribution < 1.29 is 9.52 Å². The van der Waals surface area contributed by atoms with Gasteiger partial charge in [-0.3, -0.25) is 0 Å². The molecule has 4 rings (SSSR count). The van der Waals surface area contributed by atoms with Gasteiger partial charge in [0, 0.05) is 11.1 Å². The summed E-state index contributed by atoms with van der Waals surface area (Å²) in [6.45, 7) is 0. The van der Waals surface area contributed by atoms with Crippen LogP contribution in [0.15, 0.2) is 95.7 Å². The molecule has 2 aromatic carbocycles. The van der Waals surface area contributed by atoms with Gasteiger partial charge in [0.1, 0.15) is 17.2 Å². The molecule has 0 spiro atoms. The monoisotopic (exact) mass is 328 g/mol. The summed E-state index contributed by atoms with van der Waals surface area (Å²) in [5.41, 5.74) is 2.96. The molecule has 2 aromatic heterocycles. The molecule has 0 saturated carbocycles. The summed E-state index contributed by atoms with van der Waals surface area (Å²) in [6, 6.07) is 24.7. The Balaban J connectivity index is 1.96. The zero-order chi connectivity index (χ0) is 17.1. The smallest absolute Gasteiger partial charge is 0.152 e. The number of hydrogen-bond donors (Lipinski definition) is 1. The summed E-state index contributed by atoms with van der Waals surface area (Å²) in [5, 5.41) is 15.4. The van der Waals surface area contributed by atoms with E-state index in [0.29, 0.717) is 11.5 Å². The van der Waals surface area contributed by atoms with Gasteiger partial charge in [-0.1, -0.05) is 60.7 Å². The fourth-order valence-electron chi connectivity index (χ4n) is 2.78. The van der Waals surface area contributed by atoms with Crippen LogP contribution in [0.2, 0.25) is 0 Å². The fourth-order valence-corrected chi connectivity index (χ4v) is 2.78. The molecule has 0 aliphatic rings. The first-order chi connectivity index (χ1) is 12.3. The van der Waals surface area contributed by atoms with Crippen molar-refractivity contribution in [3.05, 3.63) is 102 Å². The lowest BCUT2D eigenvalue weighted by molar-refractivity contribution is 0.510. The first-order valence-electron chi connectivity index (χ1n) is 7.97. The highest BCUT2D eigenvalue weighted by Crippen LogP contribution is 2.30. The molecule has 0 fully saturated rings. The summed E-state index contributed by atoms with van der Waals surface area (Å²) < 4.78 is 7.23. The number of aliphatic hydroxyl groups is 1. The number of benzene rings is 2. The molecule has 4 aromatic rings. The first kappa shape index (κ1) is 15.0. The average Bonchev–Trinajstić information content (AvgIpc) is 3.35. The van der Waals surface area contributed by atoms with Gasteiger partial charge in [0.15, 0.2) is 5.76 Å². The largest absolute Gasteiger partial charge is 0.505 e. The molecule has 0 unspecified atom stereocenters. The SMILES string of the molecule is O/C(=C(\c1ccccc1)n1nccc1-c1ccco1)c1ccccc1. The number of hydrogen-bond acceptors (Lipinski definition) is 3. The maximum atomic E-state index is 11.0. The molecule has 0 atom stereocenters. The quantitative estimate of drug-likeness (QED) is 0.420. The number of nitrogens with zero attached hydrogens (tertiary/aromatic N) is 2. The van der Waals surface area contributed by atoms with Crippen molar-refractivity contribution in [3.8, 4) is 11.5 Å². The standard InChI is InChI=1S/C21H16N2O2/c24-21(17-10-5-2-6-11-17)20(16-8-3-1-4-9-16)23-18(13-14-22-23)19-12-7-15-25-19/h1-15,24H/b21-20+. The van der Waals surface area contributed by atoms with Crippen molar-refractivity contribution >= 4 is 11.5 Å². The van der Waals surface area contributed by atoms with Gasteiger partial charge < -0.3 is 9.52 Å². The van der Waals surface area contributed by atoms with Crippen LogP contribution < -0.4 is 0 Å². The van der Waals surface area contributed by atoms with E-state index in [0.717, 1.165) is 16.8 Å². The molecule has 122 valence electrons. The van der Waals surface area contributed by atoms with E-state index in [-0.39, 0.29) is 5.76 Å². The van der Waals surface area contributed by atoms with Crippen LogP contribution >= 0.6 is 0 Å². The molecular weight excluding hydrogens is 312 g/mol. The van der Waals surface area contributed by atoms with Crippen molar-refractivity contribution in [1.29, 1.82) is 0 Å². The van der Waals surface area contributed by atoms with E-state index < -0.39 is 0 Å². The van der Waals surface area contributed by atoms with E-state index in [4.69, 9.17) is 4.42 Å². The minimum absolute atomic E-state index is 0.156. The Labute approximate surface area is 145 Å². The second-order valence-corrected chi connectivity index (χ2v) is 5.53. The average molecular weight is 328 g/mol. The van der Waals surface area contributed by atoms with Crippen LogP contribution in [0.25, 0.3) is 22.9 Å². The Kier molecular flexibility index (Phi) is 3.92. The van der Waals surface area contributed by atoms with E-state index in [9.17, 15) is 5.11 Å². The van der Waals surface area contributed by atoms with Gasteiger partial charge in [-0.15, -0.1) is 0 Å². The minimum Gasteiger partial charge on any atom is -0.505 e. The summed E-state index contributed by atoms with van der Waals surface area (Å²) in [6.07, 6.45) is 3.31. The Morgan fingerprint density at radius 3 is 2.12 bits per heavy atom. The molecule has 0 saturated heterocycles. The highest BCUT2D eigenvalue weighted by Gasteiger charge is 2.18. The Morgan fingerprint density at radius 2 is 1.48 bits per heavy atom. The lowest BCUT2D eigenvalue weighted by Gasteiger charge is -2.14. The van der Waals surface area contributed by atoms with Crippen LogP contribution in [-0.2, 0) is 0 Å². The molecule has 1 N–H and O–H groups in total. The molecule has 0 radical (unpaired) electrons. The van der Waals surface area contributed by atoms with Gasteiger partial charge in [-0.25, -0.2) is 4.68 Å². The van der Waals surface area contributed by atoms with Crippen LogP contribution in [0.5, 0.6) is 0 Å². The Bertz CT molecular complexity index is 985. The lowest BCUT2D eigenvalue weighted by atomic mass is 10.1. The predicted octanol–water partition coefficient (Wildman–Crippen LogP) is 5.08. The second-order valence-electron chi connectivity index (χ2n) is 5.53. The molecule has 4 nitrogen and oxygen atoms in total. The fraction of sp³-hybridized carbons (Fsp3) is 0. The minimum atomic E-state index is 0.156. The van der Waals surface area contributed by atoms with Gasteiger partial charge in [0.05, 0.1) is 12.5 Å². The Hall–Kier alpha value is -3.53. The maximum Gasteiger partial charge on any atom is 0.152 e. The molecule has 25 heavy (non-hydrogen) atoms. The predicted molar refractivity (Wildman–Crippen MR) is 97.7 cm³/mol. The van der Waals surface area contributed by atoms with E-state index >= 15 is 0 Å². The van der Waals surface area contributed by atoms with Crippen LogP contribution in [0.1, 0.15) is 11.1 Å². The molecule has 0 amide bonds. The molecule has 0 aliphatic heterocycles. The van der Waals surface area contributed by atoms with Crippen molar-refractivity contribution in [2.45, 2.75) is 0 Å². The van der Waals surface area contributed by atoms with Gasteiger partial charge >= 0.3 is 0 Å². The van der Waals surface area contributed by atoms with Crippen molar-refractivity contribution in [1.82, 2.24) is 9.78 Å². The van der Waals surface area contributed by atoms with Gasteiger partial charge in [0.2, 0.25) is 0 Å². The van der Waals surface area contributed by atoms with Crippen molar-refractivity contribution in [2.75, 3.05) is 0 Å². The van der Waals surface area contributed by atoms with Gasteiger partial charge in [0.25, 0.3) is 0 Å². The van der Waals surface area contributed by atoms with Crippen LogP contribution in [0, 0.1) is 0 Å². The number of aliphatic hydroxyl groups excluding tert-OH is 1. The molecule has 0 aliphatic carbocycles. The van der Waals surface area contributed by atoms with Crippen LogP contribution in [0.4, 0.5) is 0 Å². The topological polar surface area (TPSA) is 51.2 Å². The van der Waals surface area contributed by atoms with Crippen LogP contribution in [-0.4, -0.2) is 14.9 Å². The van der Waals surface area contributed by atoms with Crippen LogP contribution in [0.3, 0.4) is 0 Å². The summed E-state index contributed by atoms with van der Waals surface area (Å²) in [7, 11) is 0. The van der Waals surface area contributed by atoms with E-state index in [1.165, 1.54) is 0 Å². The number of rotatable bonds is 4. The highest BCUT2D eigenvalue weighted by atomic mass is 16.3. The third-order valence-electron chi connectivity index (χ3n) is 3.95. The molecule has 4 heteroatoms. The highest BCUT2D eigenvalue weighted by molar-refractivity contribution is 5.88. The van der Waals surface area contributed by atoms with Gasteiger partial charge in [-0.05, 0) is 18.2 Å². The van der Waals surface area contributed by atoms with E-state index in [1.807, 2.05) is 78.9 Å².